The van der Waals surface area contributed by atoms with Crippen molar-refractivity contribution < 1.29 is 14.3 Å². The largest absolute Gasteiger partial charge is 0.493 e. The van der Waals surface area contributed by atoms with Crippen molar-refractivity contribution in [3.8, 4) is 11.5 Å². The number of benzene rings is 1. The van der Waals surface area contributed by atoms with Crippen molar-refractivity contribution in [2.24, 2.45) is 0 Å². The van der Waals surface area contributed by atoms with Gasteiger partial charge in [-0.15, -0.1) is 12.4 Å². The van der Waals surface area contributed by atoms with E-state index in [0.29, 0.717) is 6.54 Å². The quantitative estimate of drug-likeness (QED) is 0.751. The minimum atomic E-state index is 0. The highest BCUT2D eigenvalue weighted by Crippen LogP contribution is 2.27. The predicted octanol–water partition coefficient (Wildman–Crippen LogP) is 1.93. The van der Waals surface area contributed by atoms with Gasteiger partial charge < -0.3 is 20.1 Å². The Labute approximate surface area is 138 Å². The SMILES string of the molecule is COc1ccc(CCCNC(=O)C2CCCN2)cc1OC.Cl. The molecule has 0 bridgehead atoms. The molecular weight excluding hydrogens is 304 g/mol. The Bertz CT molecular complexity index is 476. The van der Waals surface area contributed by atoms with Crippen LogP contribution < -0.4 is 20.1 Å². The number of amides is 1. The van der Waals surface area contributed by atoms with E-state index in [0.717, 1.165) is 43.7 Å². The van der Waals surface area contributed by atoms with Crippen LogP contribution in [0.15, 0.2) is 18.2 Å². The van der Waals surface area contributed by atoms with Crippen molar-refractivity contribution in [3.05, 3.63) is 23.8 Å². The number of hydrogen-bond donors (Lipinski definition) is 2. The lowest BCUT2D eigenvalue weighted by molar-refractivity contribution is -0.122. The van der Waals surface area contributed by atoms with E-state index in [1.165, 1.54) is 5.56 Å². The molecule has 1 aromatic carbocycles. The van der Waals surface area contributed by atoms with Crippen LogP contribution in [-0.2, 0) is 11.2 Å². The van der Waals surface area contributed by atoms with Gasteiger partial charge in [-0.05, 0) is 49.9 Å². The second kappa shape index (κ2) is 9.54. The summed E-state index contributed by atoms with van der Waals surface area (Å²) in [5.41, 5.74) is 1.18. The molecule has 124 valence electrons. The molecule has 1 fully saturated rings. The van der Waals surface area contributed by atoms with Crippen molar-refractivity contribution >= 4 is 18.3 Å². The first-order chi connectivity index (χ1) is 10.2. The van der Waals surface area contributed by atoms with Crippen molar-refractivity contribution in [1.29, 1.82) is 0 Å². The molecule has 0 spiro atoms. The normalized spacial score (nSPS) is 16.7. The van der Waals surface area contributed by atoms with Crippen LogP contribution in [0.5, 0.6) is 11.5 Å². The van der Waals surface area contributed by atoms with Crippen molar-refractivity contribution in [2.75, 3.05) is 27.3 Å². The number of ether oxygens (including phenoxy) is 2. The van der Waals surface area contributed by atoms with Gasteiger partial charge in [0.2, 0.25) is 5.91 Å². The van der Waals surface area contributed by atoms with E-state index in [2.05, 4.69) is 10.6 Å². The molecule has 2 rings (SSSR count). The molecule has 1 unspecified atom stereocenters. The summed E-state index contributed by atoms with van der Waals surface area (Å²) in [5.74, 6) is 1.61. The highest BCUT2D eigenvalue weighted by atomic mass is 35.5. The van der Waals surface area contributed by atoms with E-state index in [4.69, 9.17) is 9.47 Å². The topological polar surface area (TPSA) is 59.6 Å². The van der Waals surface area contributed by atoms with Crippen LogP contribution in [0.1, 0.15) is 24.8 Å². The first-order valence-corrected chi connectivity index (χ1v) is 7.46. The fourth-order valence-corrected chi connectivity index (χ4v) is 2.57. The third kappa shape index (κ3) is 5.07. The van der Waals surface area contributed by atoms with Crippen LogP contribution in [-0.4, -0.2) is 39.3 Å². The average Bonchev–Trinajstić information content (AvgIpc) is 3.05. The van der Waals surface area contributed by atoms with Gasteiger partial charge in [0, 0.05) is 6.54 Å². The van der Waals surface area contributed by atoms with Crippen LogP contribution in [0.4, 0.5) is 0 Å². The summed E-state index contributed by atoms with van der Waals surface area (Å²) in [6.07, 6.45) is 3.85. The third-order valence-corrected chi connectivity index (χ3v) is 3.77. The zero-order valence-electron chi connectivity index (χ0n) is 13.2. The van der Waals surface area contributed by atoms with Crippen LogP contribution in [0, 0.1) is 0 Å². The molecule has 0 aromatic heterocycles. The molecule has 1 aliphatic heterocycles. The zero-order chi connectivity index (χ0) is 15.1. The lowest BCUT2D eigenvalue weighted by Gasteiger charge is -2.12. The summed E-state index contributed by atoms with van der Waals surface area (Å²) in [5, 5.41) is 6.19. The standard InChI is InChI=1S/C16H24N2O3.ClH/c1-20-14-8-7-12(11-15(14)21-2)5-3-10-18-16(19)13-6-4-9-17-13;/h7-8,11,13,17H,3-6,9-10H2,1-2H3,(H,18,19);1H. The van der Waals surface area contributed by atoms with Crippen LogP contribution in [0.3, 0.4) is 0 Å². The second-order valence-corrected chi connectivity index (χ2v) is 5.23. The molecule has 1 atom stereocenters. The van der Waals surface area contributed by atoms with E-state index in [1.807, 2.05) is 18.2 Å². The van der Waals surface area contributed by atoms with Crippen LogP contribution in [0.2, 0.25) is 0 Å². The smallest absolute Gasteiger partial charge is 0.237 e. The molecule has 6 heteroatoms. The highest BCUT2D eigenvalue weighted by molar-refractivity contribution is 5.85. The number of halogens is 1. The van der Waals surface area contributed by atoms with Gasteiger partial charge in [0.05, 0.1) is 20.3 Å². The van der Waals surface area contributed by atoms with Gasteiger partial charge >= 0.3 is 0 Å². The molecule has 0 radical (unpaired) electrons. The molecule has 1 heterocycles. The third-order valence-electron chi connectivity index (χ3n) is 3.77. The molecule has 0 saturated carbocycles. The van der Waals surface area contributed by atoms with Crippen LogP contribution >= 0.6 is 12.4 Å². The van der Waals surface area contributed by atoms with E-state index in [9.17, 15) is 4.79 Å². The molecule has 22 heavy (non-hydrogen) atoms. The zero-order valence-corrected chi connectivity index (χ0v) is 14.0. The molecule has 1 saturated heterocycles. The Morgan fingerprint density at radius 3 is 2.73 bits per heavy atom. The van der Waals surface area contributed by atoms with Gasteiger partial charge in [-0.25, -0.2) is 0 Å². The van der Waals surface area contributed by atoms with Crippen molar-refractivity contribution in [2.45, 2.75) is 31.7 Å². The maximum atomic E-state index is 11.8. The Kier molecular flexibility index (Phi) is 8.06. The van der Waals surface area contributed by atoms with Gasteiger partial charge in [-0.1, -0.05) is 6.07 Å². The lowest BCUT2D eigenvalue weighted by atomic mass is 10.1. The maximum absolute atomic E-state index is 11.8. The summed E-state index contributed by atoms with van der Waals surface area (Å²) in [7, 11) is 3.26. The van der Waals surface area contributed by atoms with Gasteiger partial charge in [0.15, 0.2) is 11.5 Å². The molecule has 1 amide bonds. The maximum Gasteiger partial charge on any atom is 0.237 e. The molecule has 2 N–H and O–H groups in total. The Hall–Kier alpha value is -1.46. The summed E-state index contributed by atoms with van der Waals surface area (Å²) in [6.45, 7) is 1.65. The minimum absolute atomic E-state index is 0. The molecule has 5 nitrogen and oxygen atoms in total. The molecule has 0 aliphatic carbocycles. The van der Waals surface area contributed by atoms with Gasteiger partial charge in [0.1, 0.15) is 0 Å². The molecular formula is C16H25ClN2O3. The highest BCUT2D eigenvalue weighted by Gasteiger charge is 2.21. The number of carbonyl (C=O) groups excluding carboxylic acids is 1. The first-order valence-electron chi connectivity index (χ1n) is 7.46. The van der Waals surface area contributed by atoms with E-state index in [1.54, 1.807) is 14.2 Å². The first kappa shape index (κ1) is 18.6. The predicted molar refractivity (Wildman–Crippen MR) is 89.1 cm³/mol. The van der Waals surface area contributed by atoms with Gasteiger partial charge in [-0.2, -0.15) is 0 Å². The number of rotatable bonds is 7. The Balaban J connectivity index is 0.00000242. The van der Waals surface area contributed by atoms with Gasteiger partial charge in [-0.3, -0.25) is 4.79 Å². The molecule has 1 aliphatic rings. The average molecular weight is 329 g/mol. The number of carbonyl (C=O) groups is 1. The Morgan fingerprint density at radius 1 is 1.32 bits per heavy atom. The van der Waals surface area contributed by atoms with E-state index < -0.39 is 0 Å². The van der Waals surface area contributed by atoms with E-state index in [-0.39, 0.29) is 24.4 Å². The number of nitrogens with one attached hydrogen (secondary N) is 2. The van der Waals surface area contributed by atoms with Crippen molar-refractivity contribution in [3.63, 3.8) is 0 Å². The summed E-state index contributed by atoms with van der Waals surface area (Å²) >= 11 is 0. The fourth-order valence-electron chi connectivity index (χ4n) is 2.57. The lowest BCUT2D eigenvalue weighted by Crippen LogP contribution is -2.40. The number of aryl methyl sites for hydroxylation is 1. The number of methoxy groups -OCH3 is 2. The summed E-state index contributed by atoms with van der Waals surface area (Å²) < 4.78 is 10.5. The van der Waals surface area contributed by atoms with Gasteiger partial charge in [0.25, 0.3) is 0 Å². The number of hydrogen-bond acceptors (Lipinski definition) is 4. The fraction of sp³-hybridized carbons (Fsp3) is 0.562. The van der Waals surface area contributed by atoms with E-state index >= 15 is 0 Å². The van der Waals surface area contributed by atoms with Crippen LogP contribution in [0.25, 0.3) is 0 Å². The second-order valence-electron chi connectivity index (χ2n) is 5.23. The summed E-state index contributed by atoms with van der Waals surface area (Å²) in [6, 6.07) is 5.93. The molecule has 1 aromatic rings. The minimum Gasteiger partial charge on any atom is -0.493 e. The Morgan fingerprint density at radius 2 is 2.09 bits per heavy atom. The monoisotopic (exact) mass is 328 g/mol. The van der Waals surface area contributed by atoms with Crippen molar-refractivity contribution in [1.82, 2.24) is 10.6 Å². The summed E-state index contributed by atoms with van der Waals surface area (Å²) in [4.78, 5) is 11.8.